The number of amides is 1. The summed E-state index contributed by atoms with van der Waals surface area (Å²) in [6.45, 7) is 4.72. The lowest BCUT2D eigenvalue weighted by Gasteiger charge is -2.35. The Morgan fingerprint density at radius 3 is 3.04 bits per heavy atom. The summed E-state index contributed by atoms with van der Waals surface area (Å²) in [7, 11) is 0. The molecule has 1 aliphatic heterocycles. The van der Waals surface area contributed by atoms with E-state index >= 15 is 0 Å². The Bertz CT molecular complexity index is 833. The smallest absolute Gasteiger partial charge is 0.274 e. The van der Waals surface area contributed by atoms with Crippen molar-refractivity contribution in [2.24, 2.45) is 0 Å². The molecule has 1 amide bonds. The molecule has 7 nitrogen and oxygen atoms in total. The highest BCUT2D eigenvalue weighted by Gasteiger charge is 2.21. The van der Waals surface area contributed by atoms with Gasteiger partial charge in [0.15, 0.2) is 5.56 Å². The molecular weight excluding hydrogens is 332 g/mol. The third-order valence-corrected chi connectivity index (χ3v) is 5.07. The van der Waals surface area contributed by atoms with Gasteiger partial charge in [-0.25, -0.2) is 0 Å². The fraction of sp³-hybridized carbons (Fsp3) is 0.526. The number of piperidine rings is 1. The van der Waals surface area contributed by atoms with E-state index < -0.39 is 17.3 Å². The molecule has 3 heterocycles. The van der Waals surface area contributed by atoms with Crippen molar-refractivity contribution in [3.05, 3.63) is 40.3 Å². The van der Waals surface area contributed by atoms with Crippen LogP contribution in [0.15, 0.2) is 29.2 Å². The number of fused-ring (bicyclic) bond motifs is 1. The van der Waals surface area contributed by atoms with Crippen LogP contribution in [-0.2, 0) is 0 Å². The zero-order valence-corrected chi connectivity index (χ0v) is 15.1. The first-order chi connectivity index (χ1) is 12.6. The van der Waals surface area contributed by atoms with Gasteiger partial charge in [0.05, 0.1) is 0 Å². The molecule has 3 rings (SSSR count). The average Bonchev–Trinajstić information content (AvgIpc) is 2.65. The van der Waals surface area contributed by atoms with E-state index in [1.807, 2.05) is 0 Å². The Labute approximate surface area is 152 Å². The molecule has 1 saturated heterocycles. The number of likely N-dealkylation sites (tertiary alicyclic amines) is 1. The number of aromatic hydroxyl groups is 1. The van der Waals surface area contributed by atoms with Crippen LogP contribution in [0.4, 0.5) is 0 Å². The first-order valence-corrected chi connectivity index (χ1v) is 9.34. The van der Waals surface area contributed by atoms with Gasteiger partial charge in [0.2, 0.25) is 5.88 Å². The standard InChI is InChI=1S/C19H26N4O3/c1-2-14-8-3-5-11-22(14)12-7-10-20-17(24)16-18(25)21-15-9-4-6-13-23(15)19(16)26/h4,6,9,13-14,25H,2-3,5,7-8,10-12H2,1H3,(H,20,24)/t14-/m0/s1. The fourth-order valence-electron chi connectivity index (χ4n) is 3.67. The second-order valence-electron chi connectivity index (χ2n) is 6.75. The lowest BCUT2D eigenvalue weighted by molar-refractivity contribution is 0.0942. The Kier molecular flexibility index (Phi) is 5.88. The van der Waals surface area contributed by atoms with E-state index in [0.29, 0.717) is 18.2 Å². The van der Waals surface area contributed by atoms with Crippen LogP contribution in [0, 0.1) is 0 Å². The Balaban J connectivity index is 1.60. The molecule has 1 aliphatic rings. The number of hydrogen-bond acceptors (Lipinski definition) is 5. The van der Waals surface area contributed by atoms with Crippen LogP contribution in [-0.4, -0.2) is 51.0 Å². The maximum absolute atomic E-state index is 12.4. The van der Waals surface area contributed by atoms with Gasteiger partial charge in [-0.2, -0.15) is 4.98 Å². The average molecular weight is 358 g/mol. The number of carbonyl (C=O) groups excluding carboxylic acids is 1. The third-order valence-electron chi connectivity index (χ3n) is 5.07. The van der Waals surface area contributed by atoms with Crippen molar-refractivity contribution in [2.45, 2.75) is 45.1 Å². The number of aromatic nitrogens is 2. The number of pyridine rings is 1. The van der Waals surface area contributed by atoms with Gasteiger partial charge >= 0.3 is 0 Å². The summed E-state index contributed by atoms with van der Waals surface area (Å²) in [5.74, 6) is -1.11. The van der Waals surface area contributed by atoms with Gasteiger partial charge in [0, 0.05) is 25.3 Å². The molecule has 140 valence electrons. The van der Waals surface area contributed by atoms with Crippen molar-refractivity contribution in [3.63, 3.8) is 0 Å². The van der Waals surface area contributed by atoms with Gasteiger partial charge in [-0.15, -0.1) is 0 Å². The van der Waals surface area contributed by atoms with Crippen LogP contribution in [0.25, 0.3) is 5.65 Å². The summed E-state index contributed by atoms with van der Waals surface area (Å²) >= 11 is 0. The molecule has 2 aromatic rings. The van der Waals surface area contributed by atoms with Gasteiger partial charge in [0.25, 0.3) is 11.5 Å². The third kappa shape index (κ3) is 3.88. The van der Waals surface area contributed by atoms with Crippen molar-refractivity contribution in [3.8, 4) is 5.88 Å². The van der Waals surface area contributed by atoms with E-state index in [2.05, 4.69) is 22.1 Å². The normalized spacial score (nSPS) is 18.1. The maximum atomic E-state index is 12.4. The minimum atomic E-state index is -0.580. The monoisotopic (exact) mass is 358 g/mol. The van der Waals surface area contributed by atoms with Crippen LogP contribution >= 0.6 is 0 Å². The van der Waals surface area contributed by atoms with E-state index in [-0.39, 0.29) is 5.56 Å². The SMILES string of the molecule is CC[C@H]1CCCCN1CCCNC(=O)c1c(O)nc2ccccn2c1=O. The predicted molar refractivity (Wildman–Crippen MR) is 99.6 cm³/mol. The van der Waals surface area contributed by atoms with Gasteiger partial charge < -0.3 is 15.3 Å². The predicted octanol–water partition coefficient (Wildman–Crippen LogP) is 1.78. The van der Waals surface area contributed by atoms with Crippen LogP contribution in [0.1, 0.15) is 49.4 Å². The number of hydrogen-bond donors (Lipinski definition) is 2. The van der Waals surface area contributed by atoms with Crippen LogP contribution in [0.5, 0.6) is 5.88 Å². The van der Waals surface area contributed by atoms with E-state index in [1.54, 1.807) is 18.2 Å². The number of rotatable bonds is 6. The zero-order valence-electron chi connectivity index (χ0n) is 15.1. The molecule has 0 bridgehead atoms. The summed E-state index contributed by atoms with van der Waals surface area (Å²) in [4.78, 5) is 31.2. The quantitative estimate of drug-likeness (QED) is 0.769. The number of carbonyl (C=O) groups is 1. The van der Waals surface area contributed by atoms with Gasteiger partial charge in [-0.1, -0.05) is 19.4 Å². The lowest BCUT2D eigenvalue weighted by Crippen LogP contribution is -2.41. The van der Waals surface area contributed by atoms with Crippen molar-refractivity contribution in [1.29, 1.82) is 0 Å². The molecule has 0 spiro atoms. The summed E-state index contributed by atoms with van der Waals surface area (Å²) in [5, 5.41) is 12.7. The fourth-order valence-corrected chi connectivity index (χ4v) is 3.67. The number of nitrogens with zero attached hydrogens (tertiary/aromatic N) is 3. The Morgan fingerprint density at radius 1 is 1.38 bits per heavy atom. The van der Waals surface area contributed by atoms with Crippen molar-refractivity contribution in [1.82, 2.24) is 19.6 Å². The van der Waals surface area contributed by atoms with E-state index in [1.165, 1.54) is 29.9 Å². The van der Waals surface area contributed by atoms with Crippen molar-refractivity contribution < 1.29 is 9.90 Å². The topological polar surface area (TPSA) is 86.9 Å². The largest absolute Gasteiger partial charge is 0.493 e. The summed E-state index contributed by atoms with van der Waals surface area (Å²) in [6, 6.07) is 5.63. The van der Waals surface area contributed by atoms with Crippen molar-refractivity contribution in [2.75, 3.05) is 19.6 Å². The second-order valence-corrected chi connectivity index (χ2v) is 6.75. The Morgan fingerprint density at radius 2 is 2.23 bits per heavy atom. The Hall–Kier alpha value is -2.41. The first kappa shape index (κ1) is 18.4. The molecule has 0 radical (unpaired) electrons. The summed E-state index contributed by atoms with van der Waals surface area (Å²) < 4.78 is 1.26. The van der Waals surface area contributed by atoms with Crippen molar-refractivity contribution >= 4 is 11.6 Å². The van der Waals surface area contributed by atoms with E-state index in [9.17, 15) is 14.7 Å². The van der Waals surface area contributed by atoms with Gasteiger partial charge in [-0.3, -0.25) is 14.0 Å². The molecule has 1 atom stereocenters. The summed E-state index contributed by atoms with van der Waals surface area (Å²) in [5.41, 5.74) is -0.562. The van der Waals surface area contributed by atoms with Gasteiger partial charge in [0.1, 0.15) is 5.65 Å². The van der Waals surface area contributed by atoms with E-state index in [0.717, 1.165) is 25.9 Å². The molecular formula is C19H26N4O3. The zero-order chi connectivity index (χ0) is 18.5. The van der Waals surface area contributed by atoms with Crippen LogP contribution < -0.4 is 10.9 Å². The number of nitrogens with one attached hydrogen (secondary N) is 1. The molecule has 1 fully saturated rings. The minimum absolute atomic E-state index is 0.307. The maximum Gasteiger partial charge on any atom is 0.274 e. The lowest BCUT2D eigenvalue weighted by atomic mass is 10.00. The van der Waals surface area contributed by atoms with E-state index in [4.69, 9.17) is 0 Å². The second kappa shape index (κ2) is 8.31. The van der Waals surface area contributed by atoms with Crippen LogP contribution in [0.2, 0.25) is 0 Å². The molecule has 0 unspecified atom stereocenters. The molecule has 0 saturated carbocycles. The molecule has 2 N–H and O–H groups in total. The van der Waals surface area contributed by atoms with Crippen LogP contribution in [0.3, 0.4) is 0 Å². The minimum Gasteiger partial charge on any atom is -0.493 e. The molecule has 7 heteroatoms. The molecule has 0 aromatic carbocycles. The highest BCUT2D eigenvalue weighted by molar-refractivity contribution is 5.96. The molecule has 2 aromatic heterocycles. The molecule has 0 aliphatic carbocycles. The van der Waals surface area contributed by atoms with Gasteiger partial charge in [-0.05, 0) is 44.4 Å². The highest BCUT2D eigenvalue weighted by atomic mass is 16.3. The first-order valence-electron chi connectivity index (χ1n) is 9.34. The highest BCUT2D eigenvalue weighted by Crippen LogP contribution is 2.19. The summed E-state index contributed by atoms with van der Waals surface area (Å²) in [6.07, 6.45) is 7.27. The molecule has 26 heavy (non-hydrogen) atoms.